The fourth-order valence-electron chi connectivity index (χ4n) is 4.37. The average molecular weight is 429 g/mol. The minimum absolute atomic E-state index is 0.0118. The van der Waals surface area contributed by atoms with Crippen molar-refractivity contribution in [3.8, 4) is 6.01 Å². The fraction of sp³-hybridized carbons (Fsp3) is 0.632. The van der Waals surface area contributed by atoms with Crippen LogP contribution in [-0.4, -0.2) is 52.3 Å². The molecule has 6 nitrogen and oxygen atoms in total. The topological polar surface area (TPSA) is 71.4 Å². The first-order valence-electron chi connectivity index (χ1n) is 9.71. The SMILES string of the molecule is OCC1(COc2nc(N3C[C@H]4CC[C@@H](C3)C4(F)F)c3cnc(Cl)c(F)c3n2)CC1. The molecule has 156 valence electrons. The van der Waals surface area contributed by atoms with Crippen molar-refractivity contribution in [3.05, 3.63) is 17.2 Å². The molecule has 3 fully saturated rings. The normalized spacial score (nSPS) is 26.7. The zero-order valence-electron chi connectivity index (χ0n) is 15.5. The van der Waals surface area contributed by atoms with Crippen molar-refractivity contribution in [2.75, 3.05) is 31.2 Å². The van der Waals surface area contributed by atoms with E-state index >= 15 is 0 Å². The number of halogens is 4. The number of alkyl halides is 2. The molecule has 2 aromatic rings. The number of piperidine rings is 1. The van der Waals surface area contributed by atoms with E-state index in [1.807, 2.05) is 0 Å². The van der Waals surface area contributed by atoms with Crippen LogP contribution in [0.2, 0.25) is 5.15 Å². The van der Waals surface area contributed by atoms with Crippen LogP contribution in [0, 0.1) is 23.1 Å². The summed E-state index contributed by atoms with van der Waals surface area (Å²) in [5, 5.41) is 9.46. The highest BCUT2D eigenvalue weighted by Gasteiger charge is 2.56. The Hall–Kier alpha value is -1.87. The van der Waals surface area contributed by atoms with E-state index in [4.69, 9.17) is 16.3 Å². The van der Waals surface area contributed by atoms with Crippen molar-refractivity contribution in [2.45, 2.75) is 31.6 Å². The largest absolute Gasteiger partial charge is 0.463 e. The molecular weight excluding hydrogens is 409 g/mol. The number of aliphatic hydroxyl groups is 1. The van der Waals surface area contributed by atoms with Gasteiger partial charge >= 0.3 is 6.01 Å². The Kier molecular flexibility index (Phi) is 4.33. The summed E-state index contributed by atoms with van der Waals surface area (Å²) >= 11 is 5.82. The molecule has 1 saturated heterocycles. The van der Waals surface area contributed by atoms with Crippen LogP contribution in [0.4, 0.5) is 19.0 Å². The van der Waals surface area contributed by atoms with Gasteiger partial charge in [-0.2, -0.15) is 9.97 Å². The van der Waals surface area contributed by atoms with Crippen LogP contribution in [0.5, 0.6) is 6.01 Å². The number of anilines is 1. The Morgan fingerprint density at radius 3 is 2.52 bits per heavy atom. The van der Waals surface area contributed by atoms with Gasteiger partial charge in [0, 0.05) is 36.5 Å². The van der Waals surface area contributed by atoms with E-state index in [-0.39, 0.29) is 48.4 Å². The first-order chi connectivity index (χ1) is 13.8. The van der Waals surface area contributed by atoms with Crippen LogP contribution < -0.4 is 9.64 Å². The smallest absolute Gasteiger partial charge is 0.319 e. The lowest BCUT2D eigenvalue weighted by atomic mass is 9.93. The zero-order chi connectivity index (χ0) is 20.4. The first-order valence-corrected chi connectivity index (χ1v) is 10.1. The summed E-state index contributed by atoms with van der Waals surface area (Å²) in [6.45, 7) is 0.445. The molecule has 0 amide bonds. The molecule has 0 aromatic carbocycles. The number of pyridine rings is 1. The monoisotopic (exact) mass is 428 g/mol. The second-order valence-electron chi connectivity index (χ2n) is 8.45. The Bertz CT molecular complexity index is 956. The minimum Gasteiger partial charge on any atom is -0.463 e. The van der Waals surface area contributed by atoms with Gasteiger partial charge in [-0.3, -0.25) is 0 Å². The maximum Gasteiger partial charge on any atom is 0.319 e. The predicted molar refractivity (Wildman–Crippen MR) is 99.9 cm³/mol. The van der Waals surface area contributed by atoms with Crippen molar-refractivity contribution in [1.29, 1.82) is 0 Å². The number of hydrogen-bond acceptors (Lipinski definition) is 6. The van der Waals surface area contributed by atoms with E-state index < -0.39 is 23.6 Å². The lowest BCUT2D eigenvalue weighted by Gasteiger charge is -2.38. The third-order valence-corrected chi connectivity index (χ3v) is 6.80. The maximum atomic E-state index is 14.6. The van der Waals surface area contributed by atoms with Gasteiger partial charge in [0.25, 0.3) is 5.92 Å². The molecule has 0 spiro atoms. The van der Waals surface area contributed by atoms with Gasteiger partial charge in [-0.05, 0) is 25.7 Å². The molecule has 10 heteroatoms. The number of aliphatic hydroxyl groups excluding tert-OH is 1. The highest BCUT2D eigenvalue weighted by Crippen LogP contribution is 2.50. The van der Waals surface area contributed by atoms with Crippen LogP contribution in [0.15, 0.2) is 6.20 Å². The summed E-state index contributed by atoms with van der Waals surface area (Å²) in [5.41, 5.74) is -0.359. The van der Waals surface area contributed by atoms with Gasteiger partial charge in [-0.1, -0.05) is 11.6 Å². The first kappa shape index (κ1) is 19.1. The lowest BCUT2D eigenvalue weighted by molar-refractivity contribution is -0.0830. The Morgan fingerprint density at radius 2 is 1.90 bits per heavy atom. The van der Waals surface area contributed by atoms with E-state index in [0.29, 0.717) is 24.0 Å². The Morgan fingerprint density at radius 1 is 1.21 bits per heavy atom. The summed E-state index contributed by atoms with van der Waals surface area (Å²) in [7, 11) is 0. The molecule has 2 atom stereocenters. The molecule has 29 heavy (non-hydrogen) atoms. The lowest BCUT2D eigenvalue weighted by Crippen LogP contribution is -2.49. The summed E-state index contributed by atoms with van der Waals surface area (Å²) in [6, 6.07) is -0.0573. The molecule has 3 heterocycles. The van der Waals surface area contributed by atoms with Gasteiger partial charge in [0.15, 0.2) is 11.0 Å². The van der Waals surface area contributed by atoms with Crippen LogP contribution in [-0.2, 0) is 0 Å². The van der Waals surface area contributed by atoms with Crippen LogP contribution in [0.3, 0.4) is 0 Å². The number of rotatable bonds is 5. The van der Waals surface area contributed by atoms with Crippen LogP contribution in [0.1, 0.15) is 25.7 Å². The van der Waals surface area contributed by atoms with Gasteiger partial charge in [-0.25, -0.2) is 18.2 Å². The van der Waals surface area contributed by atoms with Crippen LogP contribution >= 0.6 is 11.6 Å². The zero-order valence-corrected chi connectivity index (χ0v) is 16.3. The summed E-state index contributed by atoms with van der Waals surface area (Å²) < 4.78 is 49.0. The van der Waals surface area contributed by atoms with E-state index in [1.54, 1.807) is 4.90 Å². The highest BCUT2D eigenvalue weighted by atomic mass is 35.5. The third kappa shape index (κ3) is 3.09. The van der Waals surface area contributed by atoms with Gasteiger partial charge in [-0.15, -0.1) is 0 Å². The molecule has 2 bridgehead atoms. The predicted octanol–water partition coefficient (Wildman–Crippen LogP) is 3.45. The van der Waals surface area contributed by atoms with Crippen LogP contribution in [0.25, 0.3) is 10.9 Å². The number of hydrogen-bond donors (Lipinski definition) is 1. The summed E-state index contributed by atoms with van der Waals surface area (Å²) in [6.07, 6.45) is 3.94. The Labute approximate surface area is 170 Å². The standard InChI is InChI=1S/C19H20ClF3N4O2/c20-15-13(21)14-12(5-24-15)16(26-17(25-14)29-9-18(8-28)3-4-18)27-6-10-1-2-11(7-27)19(10,22)23/h5,10-11,28H,1-4,6-9H2/t10-,11+. The van der Waals surface area contributed by atoms with Crippen molar-refractivity contribution >= 4 is 28.3 Å². The molecule has 2 aliphatic carbocycles. The average Bonchev–Trinajstić information content (AvgIpc) is 3.47. The molecule has 5 rings (SSSR count). The minimum atomic E-state index is -2.69. The second kappa shape index (κ2) is 6.57. The van der Waals surface area contributed by atoms with E-state index in [2.05, 4.69) is 15.0 Å². The molecule has 0 radical (unpaired) electrons. The number of fused-ring (bicyclic) bond motifs is 3. The molecule has 2 aromatic heterocycles. The van der Waals surface area contributed by atoms with Gasteiger partial charge < -0.3 is 14.7 Å². The van der Waals surface area contributed by atoms with Gasteiger partial charge in [0.1, 0.15) is 11.3 Å². The molecule has 2 saturated carbocycles. The summed E-state index contributed by atoms with van der Waals surface area (Å²) in [4.78, 5) is 14.2. The molecule has 1 N–H and O–H groups in total. The summed E-state index contributed by atoms with van der Waals surface area (Å²) in [5.74, 6) is -4.68. The van der Waals surface area contributed by atoms with E-state index in [1.165, 1.54) is 6.20 Å². The van der Waals surface area contributed by atoms with E-state index in [9.17, 15) is 18.3 Å². The van der Waals surface area contributed by atoms with E-state index in [0.717, 1.165) is 12.8 Å². The molecule has 3 aliphatic rings. The number of aromatic nitrogens is 3. The van der Waals surface area contributed by atoms with Crippen molar-refractivity contribution < 1.29 is 23.0 Å². The quantitative estimate of drug-likeness (QED) is 0.735. The van der Waals surface area contributed by atoms with Crippen molar-refractivity contribution in [1.82, 2.24) is 15.0 Å². The maximum absolute atomic E-state index is 14.6. The van der Waals surface area contributed by atoms with Gasteiger partial charge in [0.2, 0.25) is 0 Å². The third-order valence-electron chi connectivity index (χ3n) is 6.53. The number of nitrogens with zero attached hydrogens (tertiary/aromatic N) is 4. The molecular formula is C19H20ClF3N4O2. The fourth-order valence-corrected chi connectivity index (χ4v) is 4.51. The Balaban J connectivity index is 1.54. The number of ether oxygens (including phenoxy) is 1. The van der Waals surface area contributed by atoms with Crippen molar-refractivity contribution in [3.63, 3.8) is 0 Å². The van der Waals surface area contributed by atoms with Crippen molar-refractivity contribution in [2.24, 2.45) is 17.3 Å². The molecule has 0 unspecified atom stereocenters. The second-order valence-corrected chi connectivity index (χ2v) is 8.81. The van der Waals surface area contributed by atoms with Gasteiger partial charge in [0.05, 0.1) is 18.6 Å². The highest BCUT2D eigenvalue weighted by molar-refractivity contribution is 6.30. The molecule has 1 aliphatic heterocycles.